The number of halogens is 1. The lowest BCUT2D eigenvalue weighted by molar-refractivity contribution is 0.183. The maximum Gasteiger partial charge on any atom is 0.123 e. The van der Waals surface area contributed by atoms with Gasteiger partial charge in [0.05, 0.1) is 0 Å². The number of rotatable bonds is 2. The predicted molar refractivity (Wildman–Crippen MR) is 66.2 cm³/mol. The molecule has 0 bridgehead atoms. The van der Waals surface area contributed by atoms with Crippen molar-refractivity contribution in [3.63, 3.8) is 0 Å². The number of aryl methyl sites for hydroxylation is 1. The van der Waals surface area contributed by atoms with Crippen LogP contribution in [-0.4, -0.2) is 24.0 Å². The summed E-state index contributed by atoms with van der Waals surface area (Å²) in [6.45, 7) is 1.89. The maximum atomic E-state index is 13.2. The largest absolute Gasteiger partial charge is 0.329 e. The third-order valence-corrected chi connectivity index (χ3v) is 4.25. The van der Waals surface area contributed by atoms with Crippen molar-refractivity contribution in [3.8, 4) is 0 Å². The van der Waals surface area contributed by atoms with Crippen molar-refractivity contribution in [2.75, 3.05) is 13.1 Å². The Balaban J connectivity index is 1.88. The van der Waals surface area contributed by atoms with Crippen molar-refractivity contribution in [1.29, 1.82) is 0 Å². The molecule has 1 heterocycles. The van der Waals surface area contributed by atoms with E-state index in [4.69, 9.17) is 5.73 Å². The second kappa shape index (κ2) is 4.39. The van der Waals surface area contributed by atoms with Crippen LogP contribution in [0, 0.1) is 5.82 Å². The van der Waals surface area contributed by atoms with Gasteiger partial charge in [-0.3, -0.25) is 4.90 Å². The number of nitrogens with zero attached hydrogens (tertiary/aromatic N) is 1. The van der Waals surface area contributed by atoms with Crippen LogP contribution in [0.2, 0.25) is 0 Å². The Morgan fingerprint density at radius 2 is 2.24 bits per heavy atom. The maximum absolute atomic E-state index is 13.2. The van der Waals surface area contributed by atoms with E-state index in [2.05, 4.69) is 4.90 Å². The average Bonchev–Trinajstić information content (AvgIpc) is 2.92. The van der Waals surface area contributed by atoms with Crippen molar-refractivity contribution in [3.05, 3.63) is 35.1 Å². The lowest BCUT2D eigenvalue weighted by Crippen LogP contribution is -2.37. The number of benzene rings is 1. The highest BCUT2D eigenvalue weighted by Gasteiger charge is 2.34. The molecule has 1 saturated heterocycles. The molecule has 0 radical (unpaired) electrons. The van der Waals surface area contributed by atoms with Gasteiger partial charge < -0.3 is 5.73 Å². The summed E-state index contributed by atoms with van der Waals surface area (Å²) in [4.78, 5) is 2.53. The van der Waals surface area contributed by atoms with Crippen molar-refractivity contribution < 1.29 is 4.39 Å². The van der Waals surface area contributed by atoms with Crippen molar-refractivity contribution >= 4 is 0 Å². The van der Waals surface area contributed by atoms with Gasteiger partial charge in [-0.2, -0.15) is 0 Å². The van der Waals surface area contributed by atoms with Gasteiger partial charge in [-0.1, -0.05) is 6.07 Å². The van der Waals surface area contributed by atoms with Crippen LogP contribution < -0.4 is 5.73 Å². The lowest BCUT2D eigenvalue weighted by atomic mass is 10.1. The fourth-order valence-corrected chi connectivity index (χ4v) is 3.43. The Morgan fingerprint density at radius 3 is 3.06 bits per heavy atom. The van der Waals surface area contributed by atoms with Gasteiger partial charge in [-0.15, -0.1) is 0 Å². The smallest absolute Gasteiger partial charge is 0.123 e. The first-order chi connectivity index (χ1) is 8.29. The van der Waals surface area contributed by atoms with E-state index in [0.717, 1.165) is 25.9 Å². The summed E-state index contributed by atoms with van der Waals surface area (Å²) in [6, 6.07) is 6.25. The number of nitrogens with two attached hydrogens (primary N) is 1. The van der Waals surface area contributed by atoms with Gasteiger partial charge in [0.2, 0.25) is 0 Å². The molecule has 3 rings (SSSR count). The highest BCUT2D eigenvalue weighted by molar-refractivity contribution is 5.35. The van der Waals surface area contributed by atoms with Gasteiger partial charge in [0, 0.05) is 18.6 Å². The molecular formula is C14H19FN2. The Bertz CT molecular complexity index is 419. The SMILES string of the molecule is NCC1CCCN1C1CCc2cc(F)ccc21. The van der Waals surface area contributed by atoms with E-state index in [1.165, 1.54) is 24.0 Å². The molecule has 17 heavy (non-hydrogen) atoms. The zero-order valence-corrected chi connectivity index (χ0v) is 10.0. The van der Waals surface area contributed by atoms with Gasteiger partial charge in [-0.25, -0.2) is 4.39 Å². The van der Waals surface area contributed by atoms with Gasteiger partial charge in [-0.05, 0) is 55.5 Å². The molecule has 1 aliphatic heterocycles. The fourth-order valence-electron chi connectivity index (χ4n) is 3.43. The number of fused-ring (bicyclic) bond motifs is 1. The van der Waals surface area contributed by atoms with Crippen LogP contribution in [0.15, 0.2) is 18.2 Å². The molecule has 2 aliphatic rings. The van der Waals surface area contributed by atoms with Gasteiger partial charge in [0.25, 0.3) is 0 Å². The van der Waals surface area contributed by atoms with Gasteiger partial charge in [0.15, 0.2) is 0 Å². The van der Waals surface area contributed by atoms with Crippen LogP contribution in [0.5, 0.6) is 0 Å². The van der Waals surface area contributed by atoms with Crippen LogP contribution >= 0.6 is 0 Å². The summed E-state index contributed by atoms with van der Waals surface area (Å²) < 4.78 is 13.2. The summed E-state index contributed by atoms with van der Waals surface area (Å²) in [5.74, 6) is -0.110. The molecule has 2 nitrogen and oxygen atoms in total. The first-order valence-electron chi connectivity index (χ1n) is 6.53. The van der Waals surface area contributed by atoms with Crippen molar-refractivity contribution in [2.45, 2.75) is 37.8 Å². The van der Waals surface area contributed by atoms with Crippen LogP contribution in [0.25, 0.3) is 0 Å². The molecule has 2 N–H and O–H groups in total. The molecule has 0 amide bonds. The van der Waals surface area contributed by atoms with Crippen LogP contribution in [0.4, 0.5) is 4.39 Å². The molecule has 0 aromatic heterocycles. The monoisotopic (exact) mass is 234 g/mol. The van der Waals surface area contributed by atoms with E-state index >= 15 is 0 Å². The molecule has 1 fully saturated rings. The summed E-state index contributed by atoms with van der Waals surface area (Å²) in [7, 11) is 0. The second-order valence-electron chi connectivity index (χ2n) is 5.17. The standard InChI is InChI=1S/C14H19FN2/c15-11-4-5-13-10(8-11)3-6-14(13)17-7-1-2-12(17)9-16/h4-5,8,12,14H,1-3,6-7,9,16H2. The van der Waals surface area contributed by atoms with E-state index in [9.17, 15) is 4.39 Å². The summed E-state index contributed by atoms with van der Waals surface area (Å²) >= 11 is 0. The first kappa shape index (κ1) is 11.2. The third-order valence-electron chi connectivity index (χ3n) is 4.25. The van der Waals surface area contributed by atoms with E-state index in [1.807, 2.05) is 6.07 Å². The molecule has 2 unspecified atom stereocenters. The molecule has 3 heteroatoms. The minimum atomic E-state index is -0.110. The predicted octanol–water partition coefficient (Wildman–Crippen LogP) is 2.24. The minimum absolute atomic E-state index is 0.110. The van der Waals surface area contributed by atoms with Gasteiger partial charge in [0.1, 0.15) is 5.82 Å². The summed E-state index contributed by atoms with van der Waals surface area (Å²) in [5.41, 5.74) is 8.35. The zero-order valence-electron chi connectivity index (χ0n) is 10.0. The minimum Gasteiger partial charge on any atom is -0.329 e. The normalized spacial score (nSPS) is 28.6. The lowest BCUT2D eigenvalue weighted by Gasteiger charge is -2.30. The Kier molecular flexibility index (Phi) is 2.89. The molecule has 0 saturated carbocycles. The number of hydrogen-bond acceptors (Lipinski definition) is 2. The third kappa shape index (κ3) is 1.87. The molecular weight excluding hydrogens is 215 g/mol. The Hall–Kier alpha value is -0.930. The van der Waals surface area contributed by atoms with Crippen LogP contribution in [0.1, 0.15) is 36.4 Å². The highest BCUT2D eigenvalue weighted by Crippen LogP contribution is 2.39. The number of hydrogen-bond donors (Lipinski definition) is 1. The average molecular weight is 234 g/mol. The topological polar surface area (TPSA) is 29.3 Å². The molecule has 0 spiro atoms. The highest BCUT2D eigenvalue weighted by atomic mass is 19.1. The van der Waals surface area contributed by atoms with E-state index in [1.54, 1.807) is 12.1 Å². The second-order valence-corrected chi connectivity index (χ2v) is 5.17. The number of likely N-dealkylation sites (tertiary alicyclic amines) is 1. The first-order valence-corrected chi connectivity index (χ1v) is 6.53. The molecule has 1 aromatic carbocycles. The van der Waals surface area contributed by atoms with Crippen molar-refractivity contribution in [1.82, 2.24) is 4.90 Å². The van der Waals surface area contributed by atoms with Crippen LogP contribution in [-0.2, 0) is 6.42 Å². The molecule has 92 valence electrons. The molecule has 1 aliphatic carbocycles. The van der Waals surface area contributed by atoms with E-state index in [-0.39, 0.29) is 5.82 Å². The zero-order chi connectivity index (χ0) is 11.8. The molecule has 2 atom stereocenters. The Morgan fingerprint density at radius 1 is 1.35 bits per heavy atom. The van der Waals surface area contributed by atoms with E-state index in [0.29, 0.717) is 12.1 Å². The van der Waals surface area contributed by atoms with E-state index < -0.39 is 0 Å². The Labute approximate surface area is 102 Å². The fraction of sp³-hybridized carbons (Fsp3) is 0.571. The molecule has 1 aromatic rings. The summed E-state index contributed by atoms with van der Waals surface area (Å²) in [6.07, 6.45) is 4.58. The quantitative estimate of drug-likeness (QED) is 0.850. The van der Waals surface area contributed by atoms with Gasteiger partial charge >= 0.3 is 0 Å². The summed E-state index contributed by atoms with van der Waals surface area (Å²) in [5, 5.41) is 0. The van der Waals surface area contributed by atoms with Crippen LogP contribution in [0.3, 0.4) is 0 Å². The van der Waals surface area contributed by atoms with Crippen molar-refractivity contribution in [2.24, 2.45) is 5.73 Å².